The topological polar surface area (TPSA) is 49.2 Å². The summed E-state index contributed by atoms with van der Waals surface area (Å²) in [6, 6.07) is 6.90. The molecule has 1 fully saturated rings. The van der Waals surface area contributed by atoms with E-state index in [4.69, 9.17) is 21.6 Å². The quantitative estimate of drug-likeness (QED) is 0.534. The van der Waals surface area contributed by atoms with Gasteiger partial charge in [0.2, 0.25) is 0 Å². The number of aryl methyl sites for hydroxylation is 1. The Labute approximate surface area is 174 Å². The van der Waals surface area contributed by atoms with Gasteiger partial charge >= 0.3 is 5.51 Å². The first-order chi connectivity index (χ1) is 13.2. The van der Waals surface area contributed by atoms with Crippen molar-refractivity contribution in [2.75, 3.05) is 13.1 Å². The van der Waals surface area contributed by atoms with E-state index in [1.54, 1.807) is 29.5 Å². The van der Waals surface area contributed by atoms with Gasteiger partial charge in [-0.3, -0.25) is 0 Å². The summed E-state index contributed by atoms with van der Waals surface area (Å²) in [4.78, 5) is 5.59. The van der Waals surface area contributed by atoms with E-state index in [1.807, 2.05) is 13.0 Å². The molecule has 0 spiro atoms. The molecule has 0 N–H and O–H groups in total. The van der Waals surface area contributed by atoms with Crippen LogP contribution in [0.25, 0.3) is 0 Å². The van der Waals surface area contributed by atoms with Crippen molar-refractivity contribution in [3.05, 3.63) is 44.4 Å². The van der Waals surface area contributed by atoms with Gasteiger partial charge in [0, 0.05) is 37.0 Å². The highest BCUT2D eigenvalue weighted by molar-refractivity contribution is 7.97. The lowest BCUT2D eigenvalue weighted by Crippen LogP contribution is -2.30. The van der Waals surface area contributed by atoms with E-state index in [0.29, 0.717) is 48.9 Å². The fourth-order valence-corrected chi connectivity index (χ4v) is 4.97. The SMILES string of the molecule is Cc1nc(C2CCN(SC(F)(F)F)CC2)sc1COc1ccc(C#N)c(Cl)c1. The van der Waals surface area contributed by atoms with Crippen molar-refractivity contribution in [3.8, 4) is 11.8 Å². The van der Waals surface area contributed by atoms with E-state index >= 15 is 0 Å². The van der Waals surface area contributed by atoms with Gasteiger partial charge in [0.25, 0.3) is 0 Å². The number of alkyl halides is 3. The van der Waals surface area contributed by atoms with E-state index in [9.17, 15) is 13.2 Å². The van der Waals surface area contributed by atoms with Crippen LogP contribution in [-0.4, -0.2) is 27.9 Å². The summed E-state index contributed by atoms with van der Waals surface area (Å²) in [5.74, 6) is 0.739. The summed E-state index contributed by atoms with van der Waals surface area (Å²) in [5.41, 5.74) is -2.98. The summed E-state index contributed by atoms with van der Waals surface area (Å²) in [6.07, 6.45) is 1.31. The van der Waals surface area contributed by atoms with Crippen molar-refractivity contribution >= 4 is 34.9 Å². The molecular weight excluding hydrogens is 431 g/mol. The van der Waals surface area contributed by atoms with Gasteiger partial charge in [0.15, 0.2) is 0 Å². The van der Waals surface area contributed by atoms with Crippen LogP contribution in [0.5, 0.6) is 5.75 Å². The second-order valence-electron chi connectivity index (χ2n) is 6.34. The summed E-state index contributed by atoms with van der Waals surface area (Å²) in [7, 11) is 0. The molecule has 28 heavy (non-hydrogen) atoms. The molecule has 3 rings (SSSR count). The molecule has 0 radical (unpaired) electrons. The van der Waals surface area contributed by atoms with Gasteiger partial charge in [0.05, 0.1) is 26.2 Å². The number of aromatic nitrogens is 1. The molecule has 2 aromatic rings. The Hall–Kier alpha value is -1.47. The van der Waals surface area contributed by atoms with Crippen LogP contribution in [0.3, 0.4) is 0 Å². The van der Waals surface area contributed by atoms with E-state index in [-0.39, 0.29) is 17.9 Å². The molecule has 2 heterocycles. The Bertz CT molecular complexity index is 874. The first-order valence-electron chi connectivity index (χ1n) is 8.54. The first kappa shape index (κ1) is 21.2. The van der Waals surface area contributed by atoms with Crippen molar-refractivity contribution in [1.82, 2.24) is 9.29 Å². The van der Waals surface area contributed by atoms with E-state index < -0.39 is 5.51 Å². The zero-order chi connectivity index (χ0) is 20.3. The fourth-order valence-electron chi connectivity index (χ4n) is 2.92. The monoisotopic (exact) mass is 447 g/mol. The molecule has 0 amide bonds. The van der Waals surface area contributed by atoms with Crippen LogP contribution < -0.4 is 4.74 Å². The van der Waals surface area contributed by atoms with Crippen molar-refractivity contribution in [2.24, 2.45) is 0 Å². The van der Waals surface area contributed by atoms with Crippen LogP contribution in [0.4, 0.5) is 13.2 Å². The summed E-state index contributed by atoms with van der Waals surface area (Å²) >= 11 is 7.51. The Balaban J connectivity index is 1.58. The van der Waals surface area contributed by atoms with Crippen LogP contribution in [0.1, 0.15) is 39.9 Å². The maximum Gasteiger partial charge on any atom is 0.456 e. The molecule has 4 nitrogen and oxygen atoms in total. The minimum absolute atomic E-state index is 0.0418. The predicted molar refractivity (Wildman–Crippen MR) is 105 cm³/mol. The lowest BCUT2D eigenvalue weighted by Gasteiger charge is -2.30. The Kier molecular flexibility index (Phi) is 6.76. The number of ether oxygens (including phenoxy) is 1. The van der Waals surface area contributed by atoms with Gasteiger partial charge in [-0.15, -0.1) is 11.3 Å². The van der Waals surface area contributed by atoms with E-state index in [1.165, 1.54) is 4.31 Å². The molecule has 1 aliphatic heterocycles. The van der Waals surface area contributed by atoms with Crippen LogP contribution in [-0.2, 0) is 6.61 Å². The minimum atomic E-state index is -4.23. The van der Waals surface area contributed by atoms with Crippen LogP contribution in [0.2, 0.25) is 5.02 Å². The number of benzene rings is 1. The highest BCUT2D eigenvalue weighted by Crippen LogP contribution is 2.39. The molecule has 1 saturated heterocycles. The number of nitriles is 1. The highest BCUT2D eigenvalue weighted by Gasteiger charge is 2.35. The first-order valence-corrected chi connectivity index (χ1v) is 10.5. The number of halogens is 4. The Morgan fingerprint density at radius 3 is 2.71 bits per heavy atom. The van der Waals surface area contributed by atoms with Gasteiger partial charge in [0.1, 0.15) is 18.4 Å². The largest absolute Gasteiger partial charge is 0.488 e. The maximum atomic E-state index is 12.5. The number of hydrogen-bond donors (Lipinski definition) is 0. The zero-order valence-corrected chi connectivity index (χ0v) is 17.3. The smallest absolute Gasteiger partial charge is 0.456 e. The molecule has 0 bridgehead atoms. The molecule has 1 aromatic heterocycles. The van der Waals surface area contributed by atoms with Gasteiger partial charge in [-0.25, -0.2) is 9.29 Å². The van der Waals surface area contributed by atoms with Crippen LogP contribution >= 0.6 is 34.9 Å². The van der Waals surface area contributed by atoms with Crippen LogP contribution in [0, 0.1) is 18.3 Å². The fraction of sp³-hybridized carbons (Fsp3) is 0.444. The second kappa shape index (κ2) is 8.91. The Morgan fingerprint density at radius 1 is 1.39 bits per heavy atom. The molecule has 0 aliphatic carbocycles. The van der Waals surface area contributed by atoms with Gasteiger partial charge in [-0.1, -0.05) is 11.6 Å². The minimum Gasteiger partial charge on any atom is -0.488 e. The lowest BCUT2D eigenvalue weighted by molar-refractivity contribution is -0.0366. The van der Waals surface area contributed by atoms with Gasteiger partial charge in [-0.05, 0) is 31.9 Å². The zero-order valence-electron chi connectivity index (χ0n) is 14.9. The summed E-state index contributed by atoms with van der Waals surface area (Å²) in [6.45, 7) is 3.01. The number of hydrogen-bond acceptors (Lipinski definition) is 6. The predicted octanol–water partition coefficient (Wildman–Crippen LogP) is 5.90. The van der Waals surface area contributed by atoms with Crippen molar-refractivity contribution in [3.63, 3.8) is 0 Å². The van der Waals surface area contributed by atoms with Crippen molar-refractivity contribution in [1.29, 1.82) is 5.26 Å². The highest BCUT2D eigenvalue weighted by atomic mass is 35.5. The summed E-state index contributed by atoms with van der Waals surface area (Å²) in [5, 5.41) is 10.2. The number of nitrogens with zero attached hydrogens (tertiary/aromatic N) is 3. The molecular formula is C18H17ClF3N3OS2. The van der Waals surface area contributed by atoms with Gasteiger partial charge in [-0.2, -0.15) is 18.4 Å². The molecule has 10 heteroatoms. The second-order valence-corrected chi connectivity index (χ2v) is 9.03. The average molecular weight is 448 g/mol. The lowest BCUT2D eigenvalue weighted by atomic mass is 9.99. The maximum absolute atomic E-state index is 12.5. The Morgan fingerprint density at radius 2 is 2.11 bits per heavy atom. The van der Waals surface area contributed by atoms with Crippen molar-refractivity contribution < 1.29 is 17.9 Å². The van der Waals surface area contributed by atoms with E-state index in [0.717, 1.165) is 15.6 Å². The summed E-state index contributed by atoms with van der Waals surface area (Å²) < 4.78 is 44.6. The molecule has 1 aliphatic rings. The van der Waals surface area contributed by atoms with E-state index in [2.05, 4.69) is 4.98 Å². The molecule has 1 aromatic carbocycles. The number of thiazole rings is 1. The third-order valence-corrected chi connectivity index (χ3v) is 6.81. The molecule has 0 saturated carbocycles. The number of piperidine rings is 1. The standard InChI is InChI=1S/C18H17ClF3N3OS2/c1-11-16(10-26-14-3-2-13(9-23)15(19)8-14)27-17(24-11)12-4-6-25(7-5-12)28-18(20,21)22/h2-3,8,12H,4-7,10H2,1H3. The molecule has 150 valence electrons. The van der Waals surface area contributed by atoms with Crippen molar-refractivity contribution in [2.45, 2.75) is 37.8 Å². The third kappa shape index (κ3) is 5.54. The molecule has 0 atom stereocenters. The average Bonchev–Trinajstić information content (AvgIpc) is 3.00. The van der Waals surface area contributed by atoms with Gasteiger partial charge < -0.3 is 4.74 Å². The van der Waals surface area contributed by atoms with Crippen LogP contribution in [0.15, 0.2) is 18.2 Å². The third-order valence-electron chi connectivity index (χ3n) is 4.38. The normalized spacial score (nSPS) is 16.1. The number of rotatable bonds is 5. The molecule has 0 unspecified atom stereocenters.